The van der Waals surface area contributed by atoms with E-state index >= 15 is 0 Å². The van der Waals surface area contributed by atoms with Crippen LogP contribution >= 0.6 is 22.6 Å². The Hall–Kier alpha value is -2.72. The van der Waals surface area contributed by atoms with Gasteiger partial charge in [0, 0.05) is 17.4 Å². The molecule has 8 heteroatoms. The molecular weight excluding hydrogens is 535 g/mol. The summed E-state index contributed by atoms with van der Waals surface area (Å²) in [4.78, 5) is 4.41. The smallest absolute Gasteiger partial charge is 0.254 e. The molecule has 1 aliphatic rings. The summed E-state index contributed by atoms with van der Waals surface area (Å²) in [5, 5.41) is 6.42. The topological polar surface area (TPSA) is 74.1 Å². The summed E-state index contributed by atoms with van der Waals surface area (Å²) in [6.07, 6.45) is 0. The molecule has 0 saturated carbocycles. The average Bonchev–Trinajstić information content (AvgIpc) is 3.29. The molecule has 0 aliphatic carbocycles. The lowest BCUT2D eigenvalue weighted by molar-refractivity contribution is 0.462. The largest absolute Gasteiger partial charge is 0.264 e. The van der Waals surface area contributed by atoms with Crippen LogP contribution in [0, 0.1) is 0 Å². The Morgan fingerprint density at radius 3 is 2.25 bits per heavy atom. The van der Waals surface area contributed by atoms with Crippen molar-refractivity contribution >= 4 is 44.3 Å². The Labute approximate surface area is 202 Å². The predicted octanol–water partition coefficient (Wildman–Crippen LogP) is 4.39. The van der Waals surface area contributed by atoms with Gasteiger partial charge in [0.25, 0.3) is 10.0 Å². The van der Waals surface area contributed by atoms with Gasteiger partial charge in [-0.05, 0) is 28.8 Å². The Morgan fingerprint density at radius 1 is 1.03 bits per heavy atom. The van der Waals surface area contributed by atoms with Gasteiger partial charge < -0.3 is 0 Å². The van der Waals surface area contributed by atoms with Crippen LogP contribution in [0.15, 0.2) is 99.9 Å². The van der Waals surface area contributed by atoms with E-state index in [1.807, 2.05) is 60.7 Å². The van der Waals surface area contributed by atoms with Crippen molar-refractivity contribution < 1.29 is 8.42 Å². The Balaban J connectivity index is 1.64. The lowest BCUT2D eigenvalue weighted by atomic mass is 9.91. The van der Waals surface area contributed by atoms with Crippen LogP contribution in [0.1, 0.15) is 22.6 Å². The first-order valence-electron chi connectivity index (χ1n) is 10.1. The summed E-state index contributed by atoms with van der Waals surface area (Å²) in [6, 6.07) is 26.9. The van der Waals surface area contributed by atoms with Gasteiger partial charge in [-0.1, -0.05) is 95.4 Å². The molecule has 3 aromatic rings. The first-order chi connectivity index (χ1) is 15.5. The molecule has 6 nitrogen and oxygen atoms in total. The highest BCUT2D eigenvalue weighted by atomic mass is 127. The summed E-state index contributed by atoms with van der Waals surface area (Å²) in [5.74, 6) is 0.178. The van der Waals surface area contributed by atoms with Crippen molar-refractivity contribution in [1.82, 2.24) is 9.73 Å². The minimum atomic E-state index is -3.79. The number of sulfonamides is 1. The van der Waals surface area contributed by atoms with E-state index in [0.29, 0.717) is 6.54 Å². The normalized spacial score (nSPS) is 16.7. The summed E-state index contributed by atoms with van der Waals surface area (Å²) >= 11 is 2.25. The van der Waals surface area contributed by atoms with Gasteiger partial charge in [-0.15, -0.1) is 0 Å². The molecule has 0 bridgehead atoms. The SMILES string of the molecule is CN=C(NS(=O)(=O)c1ccc(CI)cc1)N1CC(c2ccccc2)C(c2ccccc2)=N1. The molecule has 0 radical (unpaired) electrons. The second-order valence-corrected chi connectivity index (χ2v) is 9.77. The van der Waals surface area contributed by atoms with Crippen molar-refractivity contribution in [3.05, 3.63) is 102 Å². The monoisotopic (exact) mass is 558 g/mol. The molecule has 164 valence electrons. The van der Waals surface area contributed by atoms with Crippen LogP contribution in [-0.2, 0) is 14.5 Å². The average molecular weight is 558 g/mol. The molecule has 0 fully saturated rings. The standard InChI is InChI=1S/C24H23IN4O2S/c1-26-24(28-32(30,31)21-14-12-18(16-25)13-15-21)29-17-22(19-8-4-2-5-9-19)23(27-29)20-10-6-3-7-11-20/h2-15,22H,16-17H2,1H3,(H,26,28). The third kappa shape index (κ3) is 4.86. The number of aliphatic imine (C=N–C) groups is 1. The van der Waals surface area contributed by atoms with Crippen molar-refractivity contribution in [3.63, 3.8) is 0 Å². The van der Waals surface area contributed by atoms with Gasteiger partial charge in [-0.3, -0.25) is 4.99 Å². The van der Waals surface area contributed by atoms with Gasteiger partial charge in [0.05, 0.1) is 17.2 Å². The number of alkyl halides is 1. The van der Waals surface area contributed by atoms with Crippen LogP contribution in [-0.4, -0.2) is 38.7 Å². The molecule has 1 aliphatic heterocycles. The second kappa shape index (κ2) is 9.83. The second-order valence-electron chi connectivity index (χ2n) is 7.33. The number of hydrazone groups is 1. The van der Waals surface area contributed by atoms with E-state index in [4.69, 9.17) is 5.10 Å². The van der Waals surface area contributed by atoms with Gasteiger partial charge in [-0.2, -0.15) is 5.10 Å². The number of hydrogen-bond acceptors (Lipinski definition) is 4. The highest BCUT2D eigenvalue weighted by Crippen LogP contribution is 2.29. The Bertz CT molecular complexity index is 1230. The van der Waals surface area contributed by atoms with Gasteiger partial charge in [-0.25, -0.2) is 18.1 Å². The minimum absolute atomic E-state index is 0.0113. The molecule has 1 unspecified atom stereocenters. The number of nitrogens with zero attached hydrogens (tertiary/aromatic N) is 3. The first kappa shape index (κ1) is 22.5. The number of benzene rings is 3. The Kier molecular flexibility index (Phi) is 6.90. The summed E-state index contributed by atoms with van der Waals surface area (Å²) in [6.45, 7) is 0.483. The molecule has 32 heavy (non-hydrogen) atoms. The van der Waals surface area contributed by atoms with Crippen LogP contribution in [0.3, 0.4) is 0 Å². The Morgan fingerprint density at radius 2 is 1.66 bits per heavy atom. The number of hydrogen-bond donors (Lipinski definition) is 1. The van der Waals surface area contributed by atoms with E-state index < -0.39 is 10.0 Å². The molecule has 0 aromatic heterocycles. The summed E-state index contributed by atoms with van der Waals surface area (Å²) in [7, 11) is -2.23. The molecule has 4 rings (SSSR count). The maximum atomic E-state index is 13.0. The maximum absolute atomic E-state index is 13.0. The lowest BCUT2D eigenvalue weighted by Gasteiger charge is -2.19. The predicted molar refractivity (Wildman–Crippen MR) is 137 cm³/mol. The van der Waals surface area contributed by atoms with Gasteiger partial charge in [0.15, 0.2) is 0 Å². The first-order valence-corrected chi connectivity index (χ1v) is 13.1. The molecule has 3 aromatic carbocycles. The van der Waals surface area contributed by atoms with Crippen molar-refractivity contribution in [1.29, 1.82) is 0 Å². The zero-order chi connectivity index (χ0) is 22.6. The zero-order valence-corrected chi connectivity index (χ0v) is 20.5. The van der Waals surface area contributed by atoms with Crippen molar-refractivity contribution in [2.75, 3.05) is 13.6 Å². The van der Waals surface area contributed by atoms with Crippen LogP contribution in [0.4, 0.5) is 0 Å². The minimum Gasteiger partial charge on any atom is -0.254 e. The highest BCUT2D eigenvalue weighted by Gasteiger charge is 2.32. The molecule has 0 amide bonds. The fourth-order valence-corrected chi connectivity index (χ4v) is 5.16. The zero-order valence-electron chi connectivity index (χ0n) is 17.5. The third-order valence-electron chi connectivity index (χ3n) is 5.26. The quantitative estimate of drug-likeness (QED) is 0.219. The van der Waals surface area contributed by atoms with Crippen LogP contribution in [0.25, 0.3) is 0 Å². The highest BCUT2D eigenvalue weighted by molar-refractivity contribution is 14.1. The van der Waals surface area contributed by atoms with E-state index in [1.165, 1.54) is 0 Å². The molecule has 1 heterocycles. The number of halogens is 1. The van der Waals surface area contributed by atoms with E-state index in [2.05, 4.69) is 44.4 Å². The van der Waals surface area contributed by atoms with Crippen molar-refractivity contribution in [2.24, 2.45) is 10.1 Å². The fourth-order valence-electron chi connectivity index (χ4n) is 3.60. The number of rotatable bonds is 5. The maximum Gasteiger partial charge on any atom is 0.264 e. The molecule has 0 saturated heterocycles. The van der Waals surface area contributed by atoms with E-state index in [0.717, 1.165) is 26.8 Å². The van der Waals surface area contributed by atoms with Crippen LogP contribution in [0.5, 0.6) is 0 Å². The molecule has 1 N–H and O–H groups in total. The van der Waals surface area contributed by atoms with Crippen molar-refractivity contribution in [3.8, 4) is 0 Å². The van der Waals surface area contributed by atoms with E-state index in [1.54, 1.807) is 24.2 Å². The summed E-state index contributed by atoms with van der Waals surface area (Å²) in [5.41, 5.74) is 4.06. The van der Waals surface area contributed by atoms with Crippen LogP contribution < -0.4 is 4.72 Å². The number of guanidine groups is 1. The van der Waals surface area contributed by atoms with Gasteiger partial charge >= 0.3 is 0 Å². The lowest BCUT2D eigenvalue weighted by Crippen LogP contribution is -2.41. The van der Waals surface area contributed by atoms with Gasteiger partial charge in [0.1, 0.15) is 0 Å². The summed E-state index contributed by atoms with van der Waals surface area (Å²) < 4.78 is 29.4. The molecule has 1 atom stereocenters. The van der Waals surface area contributed by atoms with E-state index in [9.17, 15) is 8.42 Å². The van der Waals surface area contributed by atoms with Crippen LogP contribution in [0.2, 0.25) is 0 Å². The van der Waals surface area contributed by atoms with Crippen molar-refractivity contribution in [2.45, 2.75) is 15.2 Å². The molecular formula is C24H23IN4O2S. The fraction of sp³-hybridized carbons (Fsp3) is 0.167. The van der Waals surface area contributed by atoms with E-state index in [-0.39, 0.29) is 16.8 Å². The number of nitrogens with one attached hydrogen (secondary N) is 1. The van der Waals surface area contributed by atoms with Gasteiger partial charge in [0.2, 0.25) is 5.96 Å². The molecule has 0 spiro atoms. The third-order valence-corrected chi connectivity index (χ3v) is 7.48.